The molecule has 0 amide bonds. The molecule has 0 saturated carbocycles. The molecule has 0 aromatic carbocycles. The average Bonchev–Trinajstić information content (AvgIpc) is 2.83. The van der Waals surface area contributed by atoms with Gasteiger partial charge in [0.1, 0.15) is 0 Å². The summed E-state index contributed by atoms with van der Waals surface area (Å²) >= 11 is 1.06. The quantitative estimate of drug-likeness (QED) is 0.405. The summed E-state index contributed by atoms with van der Waals surface area (Å²) in [6.07, 6.45) is 16.7. The van der Waals surface area contributed by atoms with Crippen molar-refractivity contribution in [1.29, 1.82) is 0 Å². The number of hydrogen-bond acceptors (Lipinski definition) is 0. The number of hydrogen-bond donors (Lipinski definition) is 0. The van der Waals surface area contributed by atoms with E-state index in [1.54, 1.807) is 0 Å². The van der Waals surface area contributed by atoms with Gasteiger partial charge in [0, 0.05) is 0 Å². The molecule has 0 radical (unpaired) electrons. The van der Waals surface area contributed by atoms with Crippen molar-refractivity contribution in [1.82, 2.24) is 0 Å². The van der Waals surface area contributed by atoms with E-state index in [-0.39, 0.29) is 24.8 Å². The third-order valence-corrected chi connectivity index (χ3v) is 1.73. The Morgan fingerprint density at radius 1 is 0.938 bits per heavy atom. The van der Waals surface area contributed by atoms with Crippen LogP contribution in [0.5, 0.6) is 0 Å². The van der Waals surface area contributed by atoms with Crippen molar-refractivity contribution in [3.8, 4) is 0 Å². The van der Waals surface area contributed by atoms with Gasteiger partial charge in [-0.05, 0) is 0 Å². The van der Waals surface area contributed by atoms with Gasteiger partial charge >= 0.3 is 28.2 Å². The second-order valence-electron chi connectivity index (χ2n) is 2.93. The van der Waals surface area contributed by atoms with E-state index in [1.165, 1.54) is 11.1 Å². The Labute approximate surface area is 126 Å². The molecule has 0 aromatic rings. The van der Waals surface area contributed by atoms with Gasteiger partial charge in [-0.25, -0.2) is 23.3 Å². The summed E-state index contributed by atoms with van der Waals surface area (Å²) in [5.41, 5.74) is 2.55. The van der Waals surface area contributed by atoms with Crippen LogP contribution in [-0.2, 0) is 23.9 Å². The standard InChI is InChI=1S/2C6H7.CH2.2ClH.Hf/c2*1-6-4-2-3-5-6;;;;/h2*2,4H,3H2,1H3;1H2;2*1H;/q2*-1;;;;+2. The number of allylic oxidation sites excluding steroid dienone is 8. The van der Waals surface area contributed by atoms with Gasteiger partial charge in [0.05, 0.1) is 0 Å². The van der Waals surface area contributed by atoms with Crippen LogP contribution in [0.15, 0.2) is 35.5 Å². The number of halogens is 2. The molecule has 0 atom stereocenters. The van der Waals surface area contributed by atoms with E-state index in [2.05, 4.69) is 54.6 Å². The zero-order valence-corrected chi connectivity index (χ0v) is 15.0. The van der Waals surface area contributed by atoms with Crippen LogP contribution < -0.4 is 0 Å². The van der Waals surface area contributed by atoms with Crippen LogP contribution in [0.25, 0.3) is 0 Å². The predicted octanol–water partition coefficient (Wildman–Crippen LogP) is 4.20. The Bertz CT molecular complexity index is 242. The van der Waals surface area contributed by atoms with Crippen molar-refractivity contribution in [3.05, 3.63) is 47.6 Å². The average molecular weight is 424 g/mol. The minimum absolute atomic E-state index is 0. The Morgan fingerprint density at radius 3 is 1.31 bits per heavy atom. The molecule has 2 aliphatic carbocycles. The SMILES string of the molecule is CC1=[C-]CC=C1.CC1=[C-]CC=C1.Cl.Cl.[CH2]=[Hf+2]. The van der Waals surface area contributed by atoms with E-state index in [1.807, 2.05) is 0 Å². The van der Waals surface area contributed by atoms with Gasteiger partial charge in [-0.1, -0.05) is 13.8 Å². The first kappa shape index (κ1) is 21.6. The molecule has 0 bridgehead atoms. The molecule has 0 unspecified atom stereocenters. The van der Waals surface area contributed by atoms with E-state index in [4.69, 9.17) is 0 Å². The molecule has 0 N–H and O–H groups in total. The first-order chi connectivity index (χ1) is 6.79. The van der Waals surface area contributed by atoms with E-state index in [0.717, 1.165) is 36.7 Å². The molecule has 0 spiro atoms. The first-order valence-corrected chi connectivity index (χ1v) is 7.16. The third kappa shape index (κ3) is 12.4. The monoisotopic (exact) mass is 424 g/mol. The van der Waals surface area contributed by atoms with Crippen molar-refractivity contribution in [2.24, 2.45) is 0 Å². The summed E-state index contributed by atoms with van der Waals surface area (Å²) in [5, 5.41) is 0. The zero-order valence-electron chi connectivity index (χ0n) is 9.75. The summed E-state index contributed by atoms with van der Waals surface area (Å²) < 4.78 is 3.39. The Kier molecular flexibility index (Phi) is 20.6. The maximum absolute atomic E-state index is 3.39. The molecular weight excluding hydrogens is 406 g/mol. The molecule has 16 heavy (non-hydrogen) atoms. The van der Waals surface area contributed by atoms with Crippen molar-refractivity contribution in [2.75, 3.05) is 0 Å². The van der Waals surface area contributed by atoms with Crippen LogP contribution in [-0.4, -0.2) is 4.26 Å². The summed E-state index contributed by atoms with van der Waals surface area (Å²) in [7, 11) is 0. The Morgan fingerprint density at radius 2 is 1.25 bits per heavy atom. The summed E-state index contributed by atoms with van der Waals surface area (Å²) in [5.74, 6) is 0. The molecule has 0 nitrogen and oxygen atoms in total. The molecular formula is C13H18Cl2Hf. The fourth-order valence-electron chi connectivity index (χ4n) is 1.03. The second-order valence-corrected chi connectivity index (χ2v) is 2.93. The van der Waals surface area contributed by atoms with Crippen LogP contribution in [0.3, 0.4) is 0 Å². The molecule has 2 aliphatic rings. The Hall–Kier alpha value is 0.280. The molecule has 0 fully saturated rings. The number of rotatable bonds is 0. The van der Waals surface area contributed by atoms with Crippen LogP contribution in [0.1, 0.15) is 26.7 Å². The summed E-state index contributed by atoms with van der Waals surface area (Å²) in [6.45, 7) is 4.12. The van der Waals surface area contributed by atoms with Gasteiger partial charge in [-0.15, -0.1) is 37.7 Å². The third-order valence-electron chi connectivity index (χ3n) is 1.73. The van der Waals surface area contributed by atoms with Gasteiger partial charge < -0.3 is 0 Å². The van der Waals surface area contributed by atoms with Crippen molar-refractivity contribution >= 4 is 29.1 Å². The van der Waals surface area contributed by atoms with E-state index in [9.17, 15) is 0 Å². The first-order valence-electron chi connectivity index (χ1n) is 4.62. The van der Waals surface area contributed by atoms with Crippen molar-refractivity contribution in [2.45, 2.75) is 26.7 Å². The van der Waals surface area contributed by atoms with Crippen LogP contribution in [0.4, 0.5) is 0 Å². The Balaban J connectivity index is -0.000000165. The normalized spacial score (nSPS) is 14.2. The second kappa shape index (κ2) is 15.3. The van der Waals surface area contributed by atoms with Gasteiger partial charge in [-0.2, -0.15) is 12.2 Å². The van der Waals surface area contributed by atoms with Gasteiger partial charge in [0.2, 0.25) is 0 Å². The van der Waals surface area contributed by atoms with E-state index >= 15 is 0 Å². The summed E-state index contributed by atoms with van der Waals surface area (Å²) in [6, 6.07) is 0. The zero-order chi connectivity index (χ0) is 10.8. The molecule has 0 aromatic heterocycles. The molecule has 0 saturated heterocycles. The fourth-order valence-corrected chi connectivity index (χ4v) is 1.03. The summed E-state index contributed by atoms with van der Waals surface area (Å²) in [4.78, 5) is 0. The predicted molar refractivity (Wildman–Crippen MR) is 74.0 cm³/mol. The van der Waals surface area contributed by atoms with Crippen LogP contribution in [0, 0.1) is 12.2 Å². The van der Waals surface area contributed by atoms with Crippen LogP contribution >= 0.6 is 24.8 Å². The molecule has 0 heterocycles. The van der Waals surface area contributed by atoms with Gasteiger partial charge in [-0.3, -0.25) is 12.2 Å². The minimum atomic E-state index is 0. The van der Waals surface area contributed by atoms with Crippen LogP contribution in [0.2, 0.25) is 0 Å². The van der Waals surface area contributed by atoms with Gasteiger partial charge in [0.15, 0.2) is 0 Å². The van der Waals surface area contributed by atoms with Gasteiger partial charge in [0.25, 0.3) is 0 Å². The molecule has 88 valence electrons. The topological polar surface area (TPSA) is 0 Å². The van der Waals surface area contributed by atoms with Crippen molar-refractivity contribution < 1.29 is 23.9 Å². The van der Waals surface area contributed by atoms with E-state index in [0.29, 0.717) is 0 Å². The maximum atomic E-state index is 3.39. The van der Waals surface area contributed by atoms with Crippen molar-refractivity contribution in [3.63, 3.8) is 0 Å². The molecule has 0 aliphatic heterocycles. The molecule has 2 rings (SSSR count). The fraction of sp³-hybridized carbons (Fsp3) is 0.308. The van der Waals surface area contributed by atoms with E-state index < -0.39 is 0 Å². The molecule has 3 heteroatoms.